The lowest BCUT2D eigenvalue weighted by atomic mass is 9.83. The van der Waals surface area contributed by atoms with Crippen molar-refractivity contribution in [3.63, 3.8) is 0 Å². The summed E-state index contributed by atoms with van der Waals surface area (Å²) in [5.74, 6) is 1.85. The van der Waals surface area contributed by atoms with E-state index in [2.05, 4.69) is 37.3 Å². The first-order chi connectivity index (χ1) is 10.6. The zero-order chi connectivity index (χ0) is 16.5. The molecule has 3 aliphatic heterocycles. The topological polar surface area (TPSA) is 6.48 Å². The van der Waals surface area contributed by atoms with Gasteiger partial charge in [-0.05, 0) is 77.0 Å². The smallest absolute Gasteiger partial charge is 0.0152 e. The van der Waals surface area contributed by atoms with E-state index in [0.29, 0.717) is 0 Å². The van der Waals surface area contributed by atoms with E-state index in [1.54, 1.807) is 0 Å². The molecule has 2 heteroatoms. The van der Waals surface area contributed by atoms with Crippen LogP contribution in [0.5, 0.6) is 0 Å². The third kappa shape index (κ3) is 5.38. The Morgan fingerprint density at radius 3 is 2.05 bits per heavy atom. The van der Waals surface area contributed by atoms with Gasteiger partial charge in [0, 0.05) is 12.1 Å². The summed E-state index contributed by atoms with van der Waals surface area (Å²) in [7, 11) is 2.23. The van der Waals surface area contributed by atoms with Gasteiger partial charge in [-0.1, -0.05) is 33.8 Å². The molecule has 22 heavy (non-hydrogen) atoms. The quantitative estimate of drug-likeness (QED) is 0.675. The fourth-order valence-corrected chi connectivity index (χ4v) is 4.23. The van der Waals surface area contributed by atoms with Gasteiger partial charge in [-0.25, -0.2) is 0 Å². The Morgan fingerprint density at radius 1 is 0.955 bits per heavy atom. The van der Waals surface area contributed by atoms with Crippen LogP contribution in [0.1, 0.15) is 66.2 Å². The number of fused-ring (bicyclic) bond motifs is 1. The Labute approximate surface area is 139 Å². The van der Waals surface area contributed by atoms with Gasteiger partial charge in [0.25, 0.3) is 0 Å². The fourth-order valence-electron chi connectivity index (χ4n) is 4.23. The van der Waals surface area contributed by atoms with E-state index in [1.807, 2.05) is 19.9 Å². The second kappa shape index (κ2) is 10.4. The van der Waals surface area contributed by atoms with Crippen LogP contribution in [0.2, 0.25) is 0 Å². The molecule has 3 heterocycles. The van der Waals surface area contributed by atoms with Gasteiger partial charge in [-0.2, -0.15) is 0 Å². The molecule has 3 rings (SSSR count). The lowest BCUT2D eigenvalue weighted by molar-refractivity contribution is 0.0157. The molecule has 0 amide bonds. The van der Waals surface area contributed by atoms with Crippen LogP contribution in [0.15, 0.2) is 12.7 Å². The summed E-state index contributed by atoms with van der Waals surface area (Å²) in [5.41, 5.74) is 0. The summed E-state index contributed by atoms with van der Waals surface area (Å²) in [6.45, 7) is 16.6. The summed E-state index contributed by atoms with van der Waals surface area (Å²) in [6.07, 6.45) is 10.3. The predicted octanol–water partition coefficient (Wildman–Crippen LogP) is 4.81. The maximum Gasteiger partial charge on any atom is 0.0152 e. The Kier molecular flexibility index (Phi) is 9.35. The Bertz CT molecular complexity index is 286. The standard InChI is InChI=1S/C10H19N.C8H15N.C2H6/c1-4-6-10-9(2)7-5-8-11(10)3;1-7-3-2-5-9-6-4-8(7)9;1-2/h4,9-10H,1,5-8H2,2-3H3;7-8H,2-6H2,1H3;1-2H3. The average molecular weight is 309 g/mol. The molecule has 0 bridgehead atoms. The number of rotatable bonds is 2. The van der Waals surface area contributed by atoms with Crippen LogP contribution in [0.25, 0.3) is 0 Å². The van der Waals surface area contributed by atoms with E-state index in [0.717, 1.165) is 30.3 Å². The zero-order valence-electron chi connectivity index (χ0n) is 15.9. The zero-order valence-corrected chi connectivity index (χ0v) is 15.9. The van der Waals surface area contributed by atoms with Crippen molar-refractivity contribution in [3.05, 3.63) is 12.7 Å². The monoisotopic (exact) mass is 308 g/mol. The predicted molar refractivity (Wildman–Crippen MR) is 99.4 cm³/mol. The molecule has 3 saturated heterocycles. The molecule has 130 valence electrons. The lowest BCUT2D eigenvalue weighted by Crippen LogP contribution is -2.54. The molecule has 3 fully saturated rings. The maximum atomic E-state index is 3.80. The lowest BCUT2D eigenvalue weighted by Gasteiger charge is -2.48. The van der Waals surface area contributed by atoms with Gasteiger partial charge in [-0.15, -0.1) is 6.58 Å². The van der Waals surface area contributed by atoms with Crippen LogP contribution >= 0.6 is 0 Å². The highest BCUT2D eigenvalue weighted by molar-refractivity contribution is 4.89. The molecular formula is C20H40N2. The van der Waals surface area contributed by atoms with Gasteiger partial charge in [-0.3, -0.25) is 0 Å². The van der Waals surface area contributed by atoms with Gasteiger partial charge in [0.05, 0.1) is 0 Å². The van der Waals surface area contributed by atoms with Crippen molar-refractivity contribution in [2.75, 3.05) is 26.7 Å². The Morgan fingerprint density at radius 2 is 1.59 bits per heavy atom. The molecule has 2 nitrogen and oxygen atoms in total. The molecule has 0 aromatic heterocycles. The molecule has 0 saturated carbocycles. The van der Waals surface area contributed by atoms with Gasteiger partial charge < -0.3 is 9.80 Å². The Balaban J connectivity index is 0.000000200. The molecular weight excluding hydrogens is 268 g/mol. The summed E-state index contributed by atoms with van der Waals surface area (Å²) in [5, 5.41) is 0. The van der Waals surface area contributed by atoms with Crippen molar-refractivity contribution in [1.82, 2.24) is 9.80 Å². The largest absolute Gasteiger partial charge is 0.303 e. The number of hydrogen-bond acceptors (Lipinski definition) is 2. The van der Waals surface area contributed by atoms with E-state index in [4.69, 9.17) is 0 Å². The number of nitrogens with zero attached hydrogens (tertiary/aromatic N) is 2. The van der Waals surface area contributed by atoms with E-state index >= 15 is 0 Å². The van der Waals surface area contributed by atoms with Crippen molar-refractivity contribution in [3.8, 4) is 0 Å². The van der Waals surface area contributed by atoms with Crippen LogP contribution in [-0.4, -0.2) is 48.6 Å². The molecule has 0 aliphatic carbocycles. The van der Waals surface area contributed by atoms with Crippen LogP contribution in [0, 0.1) is 11.8 Å². The van der Waals surface area contributed by atoms with Crippen molar-refractivity contribution < 1.29 is 0 Å². The van der Waals surface area contributed by atoms with Crippen LogP contribution in [-0.2, 0) is 0 Å². The second-order valence-corrected chi connectivity index (χ2v) is 7.20. The van der Waals surface area contributed by atoms with Crippen molar-refractivity contribution in [1.29, 1.82) is 0 Å². The first-order valence-corrected chi connectivity index (χ1v) is 9.68. The van der Waals surface area contributed by atoms with Crippen molar-refractivity contribution >= 4 is 0 Å². The molecule has 0 N–H and O–H groups in total. The molecule has 4 unspecified atom stereocenters. The van der Waals surface area contributed by atoms with E-state index < -0.39 is 0 Å². The van der Waals surface area contributed by atoms with Gasteiger partial charge in [0.1, 0.15) is 0 Å². The highest BCUT2D eigenvalue weighted by Crippen LogP contribution is 2.31. The first-order valence-electron chi connectivity index (χ1n) is 9.68. The van der Waals surface area contributed by atoms with Gasteiger partial charge >= 0.3 is 0 Å². The van der Waals surface area contributed by atoms with E-state index in [1.165, 1.54) is 51.7 Å². The number of likely N-dealkylation sites (tertiary alicyclic amines) is 1. The molecule has 0 radical (unpaired) electrons. The summed E-state index contributed by atoms with van der Waals surface area (Å²) < 4.78 is 0. The minimum Gasteiger partial charge on any atom is -0.303 e. The minimum absolute atomic E-state index is 0.751. The van der Waals surface area contributed by atoms with Crippen LogP contribution in [0.3, 0.4) is 0 Å². The highest BCUT2D eigenvalue weighted by atomic mass is 15.2. The summed E-state index contributed by atoms with van der Waals surface area (Å²) in [6, 6.07) is 1.74. The third-order valence-electron chi connectivity index (χ3n) is 5.74. The Hall–Kier alpha value is -0.340. The SMILES string of the molecule is C=CCC1C(C)CCCN1C.CC.CC1CCCN2CCC12. The molecule has 0 aromatic rings. The van der Waals surface area contributed by atoms with Crippen molar-refractivity contribution in [2.24, 2.45) is 11.8 Å². The van der Waals surface area contributed by atoms with Gasteiger partial charge in [0.2, 0.25) is 0 Å². The fraction of sp³-hybridized carbons (Fsp3) is 0.900. The molecule has 4 atom stereocenters. The number of hydrogen-bond donors (Lipinski definition) is 0. The van der Waals surface area contributed by atoms with E-state index in [-0.39, 0.29) is 0 Å². The maximum absolute atomic E-state index is 3.80. The third-order valence-corrected chi connectivity index (χ3v) is 5.74. The van der Waals surface area contributed by atoms with Crippen LogP contribution in [0.4, 0.5) is 0 Å². The minimum atomic E-state index is 0.751. The average Bonchev–Trinajstić information content (AvgIpc) is 2.48. The van der Waals surface area contributed by atoms with Crippen LogP contribution < -0.4 is 0 Å². The van der Waals surface area contributed by atoms with Crippen molar-refractivity contribution in [2.45, 2.75) is 78.3 Å². The number of piperidine rings is 2. The second-order valence-electron chi connectivity index (χ2n) is 7.20. The normalized spacial score (nSPS) is 35.0. The molecule has 3 aliphatic rings. The highest BCUT2D eigenvalue weighted by Gasteiger charge is 2.34. The summed E-state index contributed by atoms with van der Waals surface area (Å²) >= 11 is 0. The molecule has 0 aromatic carbocycles. The molecule has 0 spiro atoms. The first kappa shape index (κ1) is 19.7. The summed E-state index contributed by atoms with van der Waals surface area (Å²) in [4.78, 5) is 5.10. The van der Waals surface area contributed by atoms with E-state index in [9.17, 15) is 0 Å². The van der Waals surface area contributed by atoms with Gasteiger partial charge in [0.15, 0.2) is 0 Å².